The van der Waals surface area contributed by atoms with Crippen molar-refractivity contribution >= 4 is 27.5 Å². The summed E-state index contributed by atoms with van der Waals surface area (Å²) in [5.41, 5.74) is 0.857. The number of carbonyl (C=O) groups is 1. The van der Waals surface area contributed by atoms with E-state index in [9.17, 15) is 17.6 Å². The highest BCUT2D eigenvalue weighted by Gasteiger charge is 2.30. The summed E-state index contributed by atoms with van der Waals surface area (Å²) in [6.45, 7) is 0.505. The molecule has 1 heterocycles. The molecular weight excluding hydrogens is 433 g/mol. The number of amides is 1. The molecule has 1 aliphatic heterocycles. The summed E-state index contributed by atoms with van der Waals surface area (Å²) in [5.74, 6) is -0.428. The van der Waals surface area contributed by atoms with Crippen LogP contribution in [0.1, 0.15) is 5.56 Å². The zero-order valence-electron chi connectivity index (χ0n) is 15.9. The van der Waals surface area contributed by atoms with Gasteiger partial charge in [-0.15, -0.1) is 0 Å². The number of hydrogen-bond acceptors (Lipinski definition) is 5. The largest absolute Gasteiger partial charge is 0.484 e. The third-order valence-corrected chi connectivity index (χ3v) is 6.87. The van der Waals surface area contributed by atoms with Gasteiger partial charge in [-0.25, -0.2) is 12.8 Å². The van der Waals surface area contributed by atoms with E-state index in [0.29, 0.717) is 12.2 Å². The number of rotatable bonds is 6. The minimum Gasteiger partial charge on any atom is -0.484 e. The maximum Gasteiger partial charge on any atom is 0.260 e. The van der Waals surface area contributed by atoms with Gasteiger partial charge in [0.1, 0.15) is 11.6 Å². The normalized spacial score (nSPS) is 14.9. The Bertz CT molecular complexity index is 1060. The first-order valence-electron chi connectivity index (χ1n) is 9.13. The van der Waals surface area contributed by atoms with E-state index in [0.717, 1.165) is 17.7 Å². The molecule has 3 rings (SSSR count). The van der Waals surface area contributed by atoms with Gasteiger partial charge in [0.25, 0.3) is 5.91 Å². The second-order valence-electron chi connectivity index (χ2n) is 6.63. The van der Waals surface area contributed by atoms with Gasteiger partial charge in [-0.3, -0.25) is 4.79 Å². The molecule has 0 bridgehead atoms. The van der Waals surface area contributed by atoms with Crippen LogP contribution in [0.15, 0.2) is 47.4 Å². The zero-order valence-corrected chi connectivity index (χ0v) is 17.5. The lowest BCUT2D eigenvalue weighted by Crippen LogP contribution is -2.51. The predicted molar refractivity (Wildman–Crippen MR) is 108 cm³/mol. The summed E-state index contributed by atoms with van der Waals surface area (Å²) in [6.07, 6.45) is 0.302. The number of halogens is 2. The first-order chi connectivity index (χ1) is 14.3. The molecule has 0 saturated carbocycles. The van der Waals surface area contributed by atoms with Crippen LogP contribution in [0.25, 0.3) is 0 Å². The van der Waals surface area contributed by atoms with Gasteiger partial charge >= 0.3 is 0 Å². The highest BCUT2D eigenvalue weighted by atomic mass is 35.5. The average Bonchev–Trinajstić information content (AvgIpc) is 2.75. The van der Waals surface area contributed by atoms with E-state index in [1.54, 1.807) is 24.3 Å². The Balaban J connectivity index is 1.53. The molecule has 10 heteroatoms. The molecule has 0 atom stereocenters. The number of benzene rings is 2. The number of nitriles is 1. The summed E-state index contributed by atoms with van der Waals surface area (Å²) in [4.78, 5) is 13.8. The Hall–Kier alpha value is -2.67. The van der Waals surface area contributed by atoms with Crippen molar-refractivity contribution in [1.82, 2.24) is 9.21 Å². The van der Waals surface area contributed by atoms with Crippen molar-refractivity contribution in [2.45, 2.75) is 11.3 Å². The van der Waals surface area contributed by atoms with Gasteiger partial charge in [-0.1, -0.05) is 23.7 Å². The van der Waals surface area contributed by atoms with Crippen molar-refractivity contribution < 1.29 is 22.3 Å². The molecule has 0 N–H and O–H groups in total. The van der Waals surface area contributed by atoms with E-state index < -0.39 is 15.8 Å². The van der Waals surface area contributed by atoms with Crippen LogP contribution < -0.4 is 4.74 Å². The van der Waals surface area contributed by atoms with E-state index >= 15 is 0 Å². The van der Waals surface area contributed by atoms with Crippen molar-refractivity contribution in [3.05, 3.63) is 58.9 Å². The first kappa shape index (κ1) is 22.0. The number of hydrogen-bond donors (Lipinski definition) is 0. The standard InChI is InChI=1S/C20H19ClFN3O4S/c21-18-13-17(5-6-19(18)22)30(27,28)25-11-9-24(10-12-25)20(26)14-29-16-3-1-15(2-4-16)7-8-23/h1-6,13H,7,9-12,14H2. The van der Waals surface area contributed by atoms with Crippen LogP contribution in [0.5, 0.6) is 5.75 Å². The van der Waals surface area contributed by atoms with E-state index in [1.807, 2.05) is 0 Å². The summed E-state index contributed by atoms with van der Waals surface area (Å²) >= 11 is 5.69. The Morgan fingerprint density at radius 2 is 1.80 bits per heavy atom. The number of ether oxygens (including phenoxy) is 1. The molecule has 0 unspecified atom stereocenters. The van der Waals surface area contributed by atoms with Crippen molar-refractivity contribution in [3.63, 3.8) is 0 Å². The van der Waals surface area contributed by atoms with Crippen LogP contribution in [0.2, 0.25) is 5.02 Å². The van der Waals surface area contributed by atoms with Gasteiger partial charge in [-0.2, -0.15) is 9.57 Å². The topological polar surface area (TPSA) is 90.7 Å². The lowest BCUT2D eigenvalue weighted by molar-refractivity contribution is -0.134. The van der Waals surface area contributed by atoms with E-state index in [4.69, 9.17) is 21.6 Å². The monoisotopic (exact) mass is 451 g/mol. The van der Waals surface area contributed by atoms with E-state index in [-0.39, 0.29) is 48.6 Å². The Labute approximate surface area is 179 Å². The molecule has 1 fully saturated rings. The quantitative estimate of drug-likeness (QED) is 0.672. The molecule has 158 valence electrons. The number of carbonyl (C=O) groups excluding carboxylic acids is 1. The highest BCUT2D eigenvalue weighted by Crippen LogP contribution is 2.23. The number of piperazine rings is 1. The molecule has 2 aromatic carbocycles. The Morgan fingerprint density at radius 3 is 2.40 bits per heavy atom. The van der Waals surface area contributed by atoms with Crippen molar-refractivity contribution in [2.75, 3.05) is 32.8 Å². The fourth-order valence-corrected chi connectivity index (χ4v) is 4.69. The molecule has 1 amide bonds. The van der Waals surface area contributed by atoms with Crippen molar-refractivity contribution in [2.24, 2.45) is 0 Å². The number of nitrogens with zero attached hydrogens (tertiary/aromatic N) is 3. The first-order valence-corrected chi connectivity index (χ1v) is 10.9. The van der Waals surface area contributed by atoms with E-state index in [2.05, 4.69) is 6.07 Å². The summed E-state index contributed by atoms with van der Waals surface area (Å²) in [7, 11) is -3.82. The lowest BCUT2D eigenvalue weighted by atomic mass is 10.2. The molecule has 1 aliphatic rings. The van der Waals surface area contributed by atoms with Gasteiger partial charge in [0, 0.05) is 26.2 Å². The van der Waals surface area contributed by atoms with E-state index in [1.165, 1.54) is 15.3 Å². The van der Waals surface area contributed by atoms with Gasteiger partial charge in [-0.05, 0) is 35.9 Å². The van der Waals surface area contributed by atoms with Crippen LogP contribution in [0.3, 0.4) is 0 Å². The fraction of sp³-hybridized carbons (Fsp3) is 0.300. The summed E-state index contributed by atoms with van der Waals surface area (Å²) in [6, 6.07) is 12.2. The molecule has 7 nitrogen and oxygen atoms in total. The maximum atomic E-state index is 13.3. The third-order valence-electron chi connectivity index (χ3n) is 4.69. The molecule has 0 aliphatic carbocycles. The molecule has 30 heavy (non-hydrogen) atoms. The van der Waals surface area contributed by atoms with Crippen molar-refractivity contribution in [3.8, 4) is 11.8 Å². The Morgan fingerprint density at radius 1 is 1.13 bits per heavy atom. The molecule has 2 aromatic rings. The van der Waals surface area contributed by atoms with Gasteiger partial charge in [0.05, 0.1) is 22.4 Å². The van der Waals surface area contributed by atoms with Crippen molar-refractivity contribution in [1.29, 1.82) is 5.26 Å². The highest BCUT2D eigenvalue weighted by molar-refractivity contribution is 7.89. The molecule has 1 saturated heterocycles. The second-order valence-corrected chi connectivity index (χ2v) is 8.97. The van der Waals surface area contributed by atoms with Gasteiger partial charge < -0.3 is 9.64 Å². The summed E-state index contributed by atoms with van der Waals surface area (Å²) < 4.78 is 45.5. The molecule has 0 spiro atoms. The molecular formula is C20H19ClFN3O4S. The zero-order chi connectivity index (χ0) is 21.7. The second kappa shape index (κ2) is 9.43. The van der Waals surface area contributed by atoms with Crippen LogP contribution >= 0.6 is 11.6 Å². The van der Waals surface area contributed by atoms with Crippen LogP contribution in [0, 0.1) is 17.1 Å². The summed E-state index contributed by atoms with van der Waals surface area (Å²) in [5, 5.41) is 8.41. The van der Waals surface area contributed by atoms with Crippen LogP contribution in [0.4, 0.5) is 4.39 Å². The van der Waals surface area contributed by atoms with Gasteiger partial charge in [0.2, 0.25) is 10.0 Å². The molecule has 0 aromatic heterocycles. The molecule has 0 radical (unpaired) electrons. The smallest absolute Gasteiger partial charge is 0.260 e. The van der Waals surface area contributed by atoms with Crippen LogP contribution in [-0.4, -0.2) is 56.3 Å². The SMILES string of the molecule is N#CCc1ccc(OCC(=O)N2CCN(S(=O)(=O)c3ccc(F)c(Cl)c3)CC2)cc1. The Kier molecular flexibility index (Phi) is 6.92. The maximum absolute atomic E-state index is 13.3. The predicted octanol–water partition coefficient (Wildman–Crippen LogP) is 2.46. The average molecular weight is 452 g/mol. The fourth-order valence-electron chi connectivity index (χ4n) is 3.00. The van der Waals surface area contributed by atoms with Crippen LogP contribution in [-0.2, 0) is 21.2 Å². The minimum atomic E-state index is -3.82. The third kappa shape index (κ3) is 5.08. The number of sulfonamides is 1. The lowest BCUT2D eigenvalue weighted by Gasteiger charge is -2.34. The minimum absolute atomic E-state index is 0.0862. The van der Waals surface area contributed by atoms with Gasteiger partial charge in [0.15, 0.2) is 6.61 Å².